The van der Waals surface area contributed by atoms with E-state index in [2.05, 4.69) is 20.8 Å². The van der Waals surface area contributed by atoms with Crippen molar-refractivity contribution in [3.8, 4) is 0 Å². The van der Waals surface area contributed by atoms with E-state index in [-0.39, 0.29) is 22.4 Å². The van der Waals surface area contributed by atoms with Gasteiger partial charge in [0.2, 0.25) is 0 Å². The van der Waals surface area contributed by atoms with Gasteiger partial charge in [0.25, 0.3) is 5.69 Å². The molecule has 0 unspecified atom stereocenters. The average Bonchev–Trinajstić information content (AvgIpc) is 2.25. The van der Waals surface area contributed by atoms with Crippen LogP contribution in [-0.4, -0.2) is 24.3 Å². The Hall–Kier alpha value is -1.91. The minimum atomic E-state index is -0.509. The van der Waals surface area contributed by atoms with Crippen molar-refractivity contribution in [1.29, 1.82) is 0 Å². The highest BCUT2D eigenvalue weighted by Crippen LogP contribution is 2.27. The number of rotatable bonds is 4. The molecule has 0 saturated heterocycles. The van der Waals surface area contributed by atoms with Gasteiger partial charge in [-0.15, -0.1) is 0 Å². The molecule has 1 aromatic carbocycles. The Labute approximate surface area is 113 Å². The van der Waals surface area contributed by atoms with E-state index in [0.717, 1.165) is 12.2 Å². The highest BCUT2D eigenvalue weighted by atomic mass is 16.6. The minimum absolute atomic E-state index is 0.0861. The Balaban J connectivity index is 3.15. The van der Waals surface area contributed by atoms with Crippen LogP contribution in [0.25, 0.3) is 0 Å². The zero-order chi connectivity index (χ0) is 14.8. The van der Waals surface area contributed by atoms with E-state index in [4.69, 9.17) is 0 Å². The van der Waals surface area contributed by atoms with Gasteiger partial charge in [0.05, 0.1) is 10.5 Å². The molecule has 1 aromatic rings. The molecular weight excluding hydrogens is 244 g/mol. The van der Waals surface area contributed by atoms with Gasteiger partial charge in [-0.05, 0) is 24.5 Å². The summed E-state index contributed by atoms with van der Waals surface area (Å²) in [5, 5.41) is 11.0. The fourth-order valence-corrected chi connectivity index (χ4v) is 2.01. The van der Waals surface area contributed by atoms with Crippen LogP contribution in [0.5, 0.6) is 0 Å². The fraction of sp³-hybridized carbons (Fsp3) is 0.500. The number of carbonyl (C=O) groups excluding carboxylic acids is 1. The lowest BCUT2D eigenvalue weighted by atomic mass is 9.96. The number of anilines is 1. The Morgan fingerprint density at radius 1 is 1.37 bits per heavy atom. The first-order valence-electron chi connectivity index (χ1n) is 6.12. The lowest BCUT2D eigenvalue weighted by Crippen LogP contribution is -2.29. The highest BCUT2D eigenvalue weighted by Gasteiger charge is 2.20. The SMILES string of the molecule is CC(=O)c1ccc(N(C)CC(C)(C)C)cc1[N+](=O)[O-]. The van der Waals surface area contributed by atoms with Crippen molar-refractivity contribution in [2.45, 2.75) is 27.7 Å². The van der Waals surface area contributed by atoms with Gasteiger partial charge in [0.15, 0.2) is 5.78 Å². The van der Waals surface area contributed by atoms with Gasteiger partial charge in [0, 0.05) is 25.3 Å². The maximum atomic E-state index is 11.4. The van der Waals surface area contributed by atoms with Crippen LogP contribution in [0.2, 0.25) is 0 Å². The normalized spacial score (nSPS) is 11.2. The van der Waals surface area contributed by atoms with Crippen LogP contribution >= 0.6 is 0 Å². The topological polar surface area (TPSA) is 63.5 Å². The zero-order valence-electron chi connectivity index (χ0n) is 12.1. The molecule has 0 bridgehead atoms. The molecular formula is C14H20N2O3. The van der Waals surface area contributed by atoms with E-state index >= 15 is 0 Å². The van der Waals surface area contributed by atoms with Crippen molar-refractivity contribution in [2.24, 2.45) is 5.41 Å². The Morgan fingerprint density at radius 2 is 1.95 bits per heavy atom. The summed E-state index contributed by atoms with van der Waals surface area (Å²) in [6, 6.07) is 4.73. The molecule has 0 amide bonds. The van der Waals surface area contributed by atoms with Gasteiger partial charge in [-0.25, -0.2) is 0 Å². The van der Waals surface area contributed by atoms with Crippen LogP contribution in [0.15, 0.2) is 18.2 Å². The first kappa shape index (κ1) is 15.1. The minimum Gasteiger partial charge on any atom is -0.374 e. The van der Waals surface area contributed by atoms with E-state index in [0.29, 0.717) is 0 Å². The van der Waals surface area contributed by atoms with Crippen LogP contribution < -0.4 is 4.90 Å². The molecule has 0 saturated carbocycles. The van der Waals surface area contributed by atoms with Crippen LogP contribution in [0.4, 0.5) is 11.4 Å². The van der Waals surface area contributed by atoms with Gasteiger partial charge in [0.1, 0.15) is 0 Å². The molecule has 0 radical (unpaired) electrons. The summed E-state index contributed by atoms with van der Waals surface area (Å²) >= 11 is 0. The fourth-order valence-electron chi connectivity index (χ4n) is 2.01. The number of nitro groups is 1. The van der Waals surface area contributed by atoms with Crippen molar-refractivity contribution in [3.05, 3.63) is 33.9 Å². The molecule has 104 valence electrons. The van der Waals surface area contributed by atoms with Gasteiger partial charge in [-0.3, -0.25) is 14.9 Å². The van der Waals surface area contributed by atoms with Crippen molar-refractivity contribution >= 4 is 17.2 Å². The first-order valence-corrected chi connectivity index (χ1v) is 6.12. The van der Waals surface area contributed by atoms with Gasteiger partial charge in [-0.1, -0.05) is 20.8 Å². The predicted octanol–water partition coefficient (Wildman–Crippen LogP) is 3.28. The molecule has 19 heavy (non-hydrogen) atoms. The average molecular weight is 264 g/mol. The summed E-state index contributed by atoms with van der Waals surface area (Å²) in [6.45, 7) is 8.40. The number of hydrogen-bond acceptors (Lipinski definition) is 4. The maximum absolute atomic E-state index is 11.4. The largest absolute Gasteiger partial charge is 0.374 e. The monoisotopic (exact) mass is 264 g/mol. The number of Topliss-reactive ketones (excluding diaryl/α,β-unsaturated/α-hetero) is 1. The molecule has 5 heteroatoms. The summed E-state index contributed by atoms with van der Waals surface area (Å²) in [7, 11) is 1.89. The number of benzene rings is 1. The zero-order valence-corrected chi connectivity index (χ0v) is 12.1. The number of ketones is 1. The van der Waals surface area contributed by atoms with Crippen LogP contribution in [0.1, 0.15) is 38.1 Å². The molecule has 0 atom stereocenters. The van der Waals surface area contributed by atoms with Crippen molar-refractivity contribution in [3.63, 3.8) is 0 Å². The Bertz CT molecular complexity index is 504. The molecule has 0 aliphatic rings. The highest BCUT2D eigenvalue weighted by molar-refractivity contribution is 5.98. The number of nitrogens with zero attached hydrogens (tertiary/aromatic N) is 2. The third kappa shape index (κ3) is 4.05. The second-order valence-corrected chi connectivity index (χ2v) is 5.93. The summed E-state index contributed by atoms with van der Waals surface area (Å²) in [6.07, 6.45) is 0. The summed E-state index contributed by atoms with van der Waals surface area (Å²) < 4.78 is 0. The van der Waals surface area contributed by atoms with Crippen LogP contribution in [0.3, 0.4) is 0 Å². The lowest BCUT2D eigenvalue weighted by Gasteiger charge is -2.28. The molecule has 0 fully saturated rings. The molecule has 5 nitrogen and oxygen atoms in total. The second-order valence-electron chi connectivity index (χ2n) is 5.93. The number of carbonyl (C=O) groups is 1. The van der Waals surface area contributed by atoms with Crippen molar-refractivity contribution < 1.29 is 9.72 Å². The molecule has 0 aliphatic carbocycles. The Kier molecular flexibility index (Phi) is 4.29. The standard InChI is InChI=1S/C14H20N2O3/c1-10(17)12-7-6-11(8-13(12)16(18)19)15(5)9-14(2,3)4/h6-8H,9H2,1-5H3. The van der Waals surface area contributed by atoms with Gasteiger partial charge < -0.3 is 4.90 Å². The third-order valence-electron chi connectivity index (χ3n) is 2.71. The molecule has 0 aromatic heterocycles. The first-order chi connectivity index (χ1) is 8.61. The molecule has 1 rings (SSSR count). The van der Waals surface area contributed by atoms with Gasteiger partial charge in [-0.2, -0.15) is 0 Å². The smallest absolute Gasteiger partial charge is 0.282 e. The molecule has 0 N–H and O–H groups in total. The predicted molar refractivity (Wildman–Crippen MR) is 75.8 cm³/mol. The van der Waals surface area contributed by atoms with E-state index in [1.807, 2.05) is 11.9 Å². The number of hydrogen-bond donors (Lipinski definition) is 0. The summed E-state index contributed by atoms with van der Waals surface area (Å²) in [5.74, 6) is -0.295. The van der Waals surface area contributed by atoms with E-state index in [1.54, 1.807) is 6.07 Å². The lowest BCUT2D eigenvalue weighted by molar-refractivity contribution is -0.385. The van der Waals surface area contributed by atoms with E-state index in [1.165, 1.54) is 19.1 Å². The molecule has 0 heterocycles. The molecule has 0 aliphatic heterocycles. The third-order valence-corrected chi connectivity index (χ3v) is 2.71. The summed E-state index contributed by atoms with van der Waals surface area (Å²) in [4.78, 5) is 23.8. The van der Waals surface area contributed by atoms with Crippen molar-refractivity contribution in [1.82, 2.24) is 0 Å². The van der Waals surface area contributed by atoms with E-state index < -0.39 is 4.92 Å². The summed E-state index contributed by atoms with van der Waals surface area (Å²) in [5.41, 5.74) is 0.846. The maximum Gasteiger partial charge on any atom is 0.282 e. The van der Waals surface area contributed by atoms with Crippen LogP contribution in [-0.2, 0) is 0 Å². The Morgan fingerprint density at radius 3 is 2.37 bits per heavy atom. The van der Waals surface area contributed by atoms with Crippen LogP contribution in [0, 0.1) is 15.5 Å². The molecule has 0 spiro atoms. The second kappa shape index (κ2) is 5.38. The van der Waals surface area contributed by atoms with E-state index in [9.17, 15) is 14.9 Å². The van der Waals surface area contributed by atoms with Gasteiger partial charge >= 0.3 is 0 Å². The quantitative estimate of drug-likeness (QED) is 0.475. The van der Waals surface area contributed by atoms with Crippen molar-refractivity contribution in [2.75, 3.05) is 18.5 Å². The number of nitro benzene ring substituents is 1.